The first-order chi connectivity index (χ1) is 12.7. The third-order valence-corrected chi connectivity index (χ3v) is 4.45. The lowest BCUT2D eigenvalue weighted by Gasteiger charge is -2.06. The van der Waals surface area contributed by atoms with Crippen LogP contribution in [0.2, 0.25) is 0 Å². The number of nitrogens with one attached hydrogen (secondary N) is 2. The van der Waals surface area contributed by atoms with Crippen molar-refractivity contribution in [2.24, 2.45) is 0 Å². The maximum atomic E-state index is 12.4. The molecule has 0 bridgehead atoms. The Morgan fingerprint density at radius 2 is 1.88 bits per heavy atom. The number of pyridine rings is 1. The van der Waals surface area contributed by atoms with Crippen molar-refractivity contribution in [1.82, 2.24) is 9.97 Å². The van der Waals surface area contributed by atoms with Crippen molar-refractivity contribution in [2.45, 2.75) is 0 Å². The van der Waals surface area contributed by atoms with E-state index in [2.05, 4.69) is 20.6 Å². The summed E-state index contributed by atoms with van der Waals surface area (Å²) in [5.74, 6) is -0.796. The molecule has 128 valence electrons. The van der Waals surface area contributed by atoms with E-state index in [-0.39, 0.29) is 17.6 Å². The Morgan fingerprint density at radius 1 is 1.00 bits per heavy atom. The van der Waals surface area contributed by atoms with Gasteiger partial charge in [-0.05, 0) is 23.6 Å². The number of rotatable bonds is 4. The Hall–Kier alpha value is -3.52. The van der Waals surface area contributed by atoms with Crippen molar-refractivity contribution in [3.8, 4) is 0 Å². The number of amides is 2. The molecule has 2 N–H and O–H groups in total. The molecule has 0 spiro atoms. The Morgan fingerprint density at radius 3 is 2.73 bits per heavy atom. The standard InChI is InChI=1S/C18H12N4O3S/c23-16(20-12-6-1-4-11-5-2-8-19-15(11)12)13-10-25-18(21-13)22-17(24)14-7-3-9-26-14/h1-10H,(H,20,23)(H,21,22,24). The van der Waals surface area contributed by atoms with Crippen molar-refractivity contribution < 1.29 is 14.0 Å². The van der Waals surface area contributed by atoms with Crippen LogP contribution in [0.5, 0.6) is 0 Å². The molecule has 0 aliphatic carbocycles. The minimum absolute atomic E-state index is 0.0374. The van der Waals surface area contributed by atoms with Gasteiger partial charge in [-0.1, -0.05) is 24.3 Å². The van der Waals surface area contributed by atoms with Crippen molar-refractivity contribution in [1.29, 1.82) is 0 Å². The van der Waals surface area contributed by atoms with Gasteiger partial charge in [-0.15, -0.1) is 11.3 Å². The van der Waals surface area contributed by atoms with Crippen LogP contribution in [0.3, 0.4) is 0 Å². The lowest BCUT2D eigenvalue weighted by molar-refractivity contribution is 0.101. The van der Waals surface area contributed by atoms with Crippen LogP contribution >= 0.6 is 11.3 Å². The summed E-state index contributed by atoms with van der Waals surface area (Å²) in [7, 11) is 0. The number of hydrogen-bond donors (Lipinski definition) is 2. The highest BCUT2D eigenvalue weighted by Gasteiger charge is 2.16. The minimum Gasteiger partial charge on any atom is -0.431 e. The molecule has 3 aromatic heterocycles. The zero-order valence-electron chi connectivity index (χ0n) is 13.3. The molecular formula is C18H12N4O3S. The summed E-state index contributed by atoms with van der Waals surface area (Å²) in [6.45, 7) is 0. The van der Waals surface area contributed by atoms with E-state index in [0.29, 0.717) is 16.1 Å². The number of carbonyl (C=O) groups is 2. The average Bonchev–Trinajstić information content (AvgIpc) is 3.34. The van der Waals surface area contributed by atoms with Crippen LogP contribution in [0.15, 0.2) is 64.7 Å². The van der Waals surface area contributed by atoms with E-state index in [1.54, 1.807) is 29.8 Å². The van der Waals surface area contributed by atoms with E-state index in [4.69, 9.17) is 4.42 Å². The molecular weight excluding hydrogens is 352 g/mol. The topological polar surface area (TPSA) is 97.1 Å². The first-order valence-electron chi connectivity index (χ1n) is 7.66. The van der Waals surface area contributed by atoms with E-state index < -0.39 is 5.91 Å². The quantitative estimate of drug-likeness (QED) is 0.574. The molecule has 0 aliphatic heterocycles. The predicted molar refractivity (Wildman–Crippen MR) is 98.5 cm³/mol. The van der Waals surface area contributed by atoms with Crippen molar-refractivity contribution in [3.05, 3.63) is 70.9 Å². The normalized spacial score (nSPS) is 10.6. The van der Waals surface area contributed by atoms with Gasteiger partial charge in [0.05, 0.1) is 16.1 Å². The van der Waals surface area contributed by atoms with Gasteiger partial charge in [-0.25, -0.2) is 0 Å². The van der Waals surface area contributed by atoms with E-state index >= 15 is 0 Å². The molecule has 26 heavy (non-hydrogen) atoms. The Labute approximate surface area is 151 Å². The maximum absolute atomic E-state index is 12.4. The number of thiophene rings is 1. The van der Waals surface area contributed by atoms with Gasteiger partial charge in [-0.3, -0.25) is 19.9 Å². The minimum atomic E-state index is -0.455. The van der Waals surface area contributed by atoms with Crippen molar-refractivity contribution >= 4 is 45.8 Å². The Balaban J connectivity index is 1.50. The zero-order valence-corrected chi connectivity index (χ0v) is 14.1. The first kappa shape index (κ1) is 16.0. The van der Waals surface area contributed by atoms with Crippen molar-refractivity contribution in [3.63, 3.8) is 0 Å². The lowest BCUT2D eigenvalue weighted by atomic mass is 10.2. The van der Waals surface area contributed by atoms with Crippen LogP contribution in [0.1, 0.15) is 20.2 Å². The number of para-hydroxylation sites is 1. The van der Waals surface area contributed by atoms with Gasteiger partial charge in [0.1, 0.15) is 6.26 Å². The average molecular weight is 364 g/mol. The number of hydrogen-bond acceptors (Lipinski definition) is 6. The smallest absolute Gasteiger partial charge is 0.302 e. The second kappa shape index (κ2) is 6.77. The van der Waals surface area contributed by atoms with Gasteiger partial charge in [0.15, 0.2) is 5.69 Å². The molecule has 4 rings (SSSR count). The number of nitrogens with zero attached hydrogens (tertiary/aromatic N) is 2. The molecule has 2 amide bonds. The summed E-state index contributed by atoms with van der Waals surface area (Å²) in [5, 5.41) is 7.98. The Bertz CT molecular complexity index is 1080. The lowest BCUT2D eigenvalue weighted by Crippen LogP contribution is -2.14. The number of oxazole rings is 1. The fourth-order valence-electron chi connectivity index (χ4n) is 2.39. The molecule has 8 heteroatoms. The molecule has 1 aromatic carbocycles. The summed E-state index contributed by atoms with van der Waals surface area (Å²) < 4.78 is 5.16. The number of anilines is 2. The first-order valence-corrected chi connectivity index (χ1v) is 8.54. The molecule has 7 nitrogen and oxygen atoms in total. The summed E-state index contributed by atoms with van der Waals surface area (Å²) >= 11 is 1.30. The summed E-state index contributed by atoms with van der Waals surface area (Å²) in [4.78, 5) is 33.2. The van der Waals surface area contributed by atoms with Crippen LogP contribution in [0.25, 0.3) is 10.9 Å². The van der Waals surface area contributed by atoms with Gasteiger partial charge in [0.25, 0.3) is 11.8 Å². The summed E-state index contributed by atoms with van der Waals surface area (Å²) in [5.41, 5.74) is 1.30. The number of benzene rings is 1. The van der Waals surface area contributed by atoms with Gasteiger partial charge in [0, 0.05) is 11.6 Å². The molecule has 0 atom stereocenters. The van der Waals surface area contributed by atoms with Crippen molar-refractivity contribution in [2.75, 3.05) is 10.6 Å². The fraction of sp³-hybridized carbons (Fsp3) is 0. The van der Waals surface area contributed by atoms with E-state index in [1.807, 2.05) is 24.3 Å². The third-order valence-electron chi connectivity index (χ3n) is 3.58. The largest absolute Gasteiger partial charge is 0.431 e. The van der Waals surface area contributed by atoms with Crippen LogP contribution in [-0.4, -0.2) is 21.8 Å². The zero-order chi connectivity index (χ0) is 17.9. The van der Waals surface area contributed by atoms with E-state index in [0.717, 1.165) is 5.39 Å². The molecule has 0 unspecified atom stereocenters. The third kappa shape index (κ3) is 3.17. The predicted octanol–water partition coefficient (Wildman–Crippen LogP) is 3.79. The molecule has 0 saturated carbocycles. The van der Waals surface area contributed by atoms with Gasteiger partial charge in [0.2, 0.25) is 0 Å². The van der Waals surface area contributed by atoms with Crippen LogP contribution in [0, 0.1) is 0 Å². The fourth-order valence-corrected chi connectivity index (χ4v) is 3.01. The monoisotopic (exact) mass is 364 g/mol. The SMILES string of the molecule is O=C(Nc1cccc2cccnc12)c1coc(NC(=O)c2cccs2)n1. The van der Waals surface area contributed by atoms with Gasteiger partial charge in [-0.2, -0.15) is 4.98 Å². The molecule has 0 aliphatic rings. The molecule has 4 aromatic rings. The van der Waals surface area contributed by atoms with Crippen LogP contribution < -0.4 is 10.6 Å². The van der Waals surface area contributed by atoms with E-state index in [9.17, 15) is 9.59 Å². The van der Waals surface area contributed by atoms with Crippen LogP contribution in [0.4, 0.5) is 11.7 Å². The number of aromatic nitrogens is 2. The second-order valence-corrected chi connectivity index (χ2v) is 6.25. The highest BCUT2D eigenvalue weighted by atomic mass is 32.1. The highest BCUT2D eigenvalue weighted by molar-refractivity contribution is 7.12. The molecule has 0 fully saturated rings. The van der Waals surface area contributed by atoms with E-state index in [1.165, 1.54) is 17.6 Å². The molecule has 0 radical (unpaired) electrons. The number of fused-ring (bicyclic) bond motifs is 1. The summed E-state index contributed by atoms with van der Waals surface area (Å²) in [6, 6.07) is 12.6. The Kier molecular flexibility index (Phi) is 4.16. The molecule has 0 saturated heterocycles. The second-order valence-electron chi connectivity index (χ2n) is 5.30. The van der Waals surface area contributed by atoms with Gasteiger partial charge >= 0.3 is 6.01 Å². The number of carbonyl (C=O) groups excluding carboxylic acids is 2. The molecule has 3 heterocycles. The highest BCUT2D eigenvalue weighted by Crippen LogP contribution is 2.21. The maximum Gasteiger partial charge on any atom is 0.302 e. The summed E-state index contributed by atoms with van der Waals surface area (Å²) in [6.07, 6.45) is 2.85. The van der Waals surface area contributed by atoms with Crippen LogP contribution in [-0.2, 0) is 0 Å². The van der Waals surface area contributed by atoms with Gasteiger partial charge < -0.3 is 9.73 Å².